The Hall–Kier alpha value is -2.09. The van der Waals surface area contributed by atoms with Crippen LogP contribution in [0.15, 0.2) is 52.9 Å². The first kappa shape index (κ1) is 20.6. The largest absolute Gasteiger partial charge is 0.591 e. The van der Waals surface area contributed by atoms with Crippen LogP contribution >= 0.6 is 11.3 Å². The third-order valence-corrected chi connectivity index (χ3v) is 6.34. The summed E-state index contributed by atoms with van der Waals surface area (Å²) in [6.45, 7) is 5.50. The van der Waals surface area contributed by atoms with Crippen LogP contribution in [0.5, 0.6) is 0 Å². The van der Waals surface area contributed by atoms with Gasteiger partial charge >= 0.3 is 0 Å². The molecular weight excluding hydrogens is 398 g/mol. The molecule has 0 fully saturated rings. The van der Waals surface area contributed by atoms with Gasteiger partial charge in [-0.15, -0.1) is 11.3 Å². The van der Waals surface area contributed by atoms with Crippen molar-refractivity contribution in [2.24, 2.45) is 4.40 Å². The van der Waals surface area contributed by atoms with Gasteiger partial charge in [0, 0.05) is 16.9 Å². The van der Waals surface area contributed by atoms with Gasteiger partial charge in [-0.25, -0.2) is 13.8 Å². The van der Waals surface area contributed by atoms with Crippen LogP contribution in [-0.4, -0.2) is 20.5 Å². The summed E-state index contributed by atoms with van der Waals surface area (Å²) in [4.78, 5) is 5.31. The summed E-state index contributed by atoms with van der Waals surface area (Å²) in [6.07, 6.45) is 2.04. The van der Waals surface area contributed by atoms with E-state index in [1.54, 1.807) is 0 Å². The number of hydrogen-bond acceptors (Lipinski definition) is 4. The molecular formula is C21H20F2N2OS2. The van der Waals surface area contributed by atoms with Crippen LogP contribution in [0.25, 0.3) is 10.6 Å². The molecule has 1 unspecified atom stereocenters. The fraction of sp³-hybridized carbons (Fsp3) is 0.238. The molecule has 1 heterocycles. The molecule has 0 spiro atoms. The number of benzene rings is 2. The second-order valence-electron chi connectivity index (χ2n) is 7.21. The first-order valence-corrected chi connectivity index (χ1v) is 10.6. The molecule has 0 radical (unpaired) electrons. The lowest BCUT2D eigenvalue weighted by Gasteiger charge is -2.17. The van der Waals surface area contributed by atoms with E-state index in [0.717, 1.165) is 28.6 Å². The fourth-order valence-electron chi connectivity index (χ4n) is 2.40. The summed E-state index contributed by atoms with van der Waals surface area (Å²) in [5, 5.41) is 0.367. The predicted molar refractivity (Wildman–Crippen MR) is 112 cm³/mol. The minimum atomic E-state index is -1.44. The summed E-state index contributed by atoms with van der Waals surface area (Å²) >= 11 is -0.154. The maximum Gasteiger partial charge on any atom is 0.144 e. The van der Waals surface area contributed by atoms with E-state index in [1.165, 1.54) is 17.6 Å². The zero-order valence-corrected chi connectivity index (χ0v) is 17.4. The SMILES string of the molecule is CC(C)(C)[S+]([O-])N=Cc1nc(-c2cc(F)ccc2F)sc1Cc1ccccc1. The molecule has 0 amide bonds. The van der Waals surface area contributed by atoms with Crippen molar-refractivity contribution < 1.29 is 13.3 Å². The van der Waals surface area contributed by atoms with Crippen molar-refractivity contribution in [3.05, 3.63) is 76.3 Å². The average molecular weight is 419 g/mol. The lowest BCUT2D eigenvalue weighted by molar-refractivity contribution is 0.562. The van der Waals surface area contributed by atoms with Crippen LogP contribution in [0.1, 0.15) is 36.9 Å². The number of rotatable bonds is 5. The van der Waals surface area contributed by atoms with E-state index < -0.39 is 27.7 Å². The van der Waals surface area contributed by atoms with Crippen molar-refractivity contribution in [2.75, 3.05) is 0 Å². The quantitative estimate of drug-likeness (QED) is 0.402. The van der Waals surface area contributed by atoms with Crippen LogP contribution in [0, 0.1) is 11.6 Å². The first-order chi connectivity index (χ1) is 13.2. The fourth-order valence-corrected chi connectivity index (χ4v) is 4.00. The maximum atomic E-state index is 14.2. The van der Waals surface area contributed by atoms with E-state index >= 15 is 0 Å². The minimum absolute atomic E-state index is 0.107. The molecule has 0 aliphatic heterocycles. The molecule has 3 rings (SSSR count). The number of hydrogen-bond donors (Lipinski definition) is 0. The van der Waals surface area contributed by atoms with Gasteiger partial charge < -0.3 is 4.55 Å². The molecule has 0 saturated carbocycles. The summed E-state index contributed by atoms with van der Waals surface area (Å²) in [6, 6.07) is 13.1. The Kier molecular flexibility index (Phi) is 6.27. The van der Waals surface area contributed by atoms with Crippen LogP contribution in [0.3, 0.4) is 0 Å². The van der Waals surface area contributed by atoms with Gasteiger partial charge in [0.05, 0.1) is 0 Å². The molecule has 0 aliphatic carbocycles. The Morgan fingerprint density at radius 1 is 1.14 bits per heavy atom. The number of aromatic nitrogens is 1. The molecule has 1 atom stereocenters. The lowest BCUT2D eigenvalue weighted by Crippen LogP contribution is -2.25. The van der Waals surface area contributed by atoms with E-state index in [2.05, 4.69) is 9.38 Å². The first-order valence-electron chi connectivity index (χ1n) is 8.69. The molecule has 0 aliphatic rings. The van der Waals surface area contributed by atoms with Gasteiger partial charge in [-0.1, -0.05) is 34.7 Å². The monoisotopic (exact) mass is 418 g/mol. The Morgan fingerprint density at radius 3 is 2.54 bits per heavy atom. The molecule has 1 aromatic heterocycles. The van der Waals surface area contributed by atoms with Crippen LogP contribution in [-0.2, 0) is 17.8 Å². The van der Waals surface area contributed by atoms with Crippen molar-refractivity contribution in [3.8, 4) is 10.6 Å². The second-order valence-corrected chi connectivity index (χ2v) is 10.2. The highest BCUT2D eigenvalue weighted by atomic mass is 32.2. The highest BCUT2D eigenvalue weighted by Crippen LogP contribution is 2.31. The van der Waals surface area contributed by atoms with Gasteiger partial charge in [-0.05, 0) is 44.5 Å². The Morgan fingerprint density at radius 2 is 1.86 bits per heavy atom. The van der Waals surface area contributed by atoms with E-state index in [9.17, 15) is 13.3 Å². The zero-order valence-electron chi connectivity index (χ0n) is 15.8. The highest BCUT2D eigenvalue weighted by Gasteiger charge is 2.26. The third kappa shape index (κ3) is 5.04. The van der Waals surface area contributed by atoms with Gasteiger partial charge in [0.25, 0.3) is 0 Å². The Labute approximate surface area is 170 Å². The average Bonchev–Trinajstić information content (AvgIpc) is 3.04. The second kappa shape index (κ2) is 8.51. The van der Waals surface area contributed by atoms with Crippen molar-refractivity contribution in [2.45, 2.75) is 31.9 Å². The van der Waals surface area contributed by atoms with Crippen LogP contribution in [0.2, 0.25) is 0 Å². The van der Waals surface area contributed by atoms with Crippen molar-refractivity contribution in [3.63, 3.8) is 0 Å². The third-order valence-electron chi connectivity index (χ3n) is 3.89. The molecule has 146 valence electrons. The molecule has 2 aromatic carbocycles. The molecule has 28 heavy (non-hydrogen) atoms. The minimum Gasteiger partial charge on any atom is -0.591 e. The molecule has 3 aromatic rings. The smallest absolute Gasteiger partial charge is 0.144 e. The summed E-state index contributed by atoms with van der Waals surface area (Å²) in [5.74, 6) is -1.07. The number of thiazole rings is 1. The van der Waals surface area contributed by atoms with Crippen molar-refractivity contribution in [1.29, 1.82) is 0 Å². The normalized spacial score (nSPS) is 13.2. The zero-order chi connectivity index (χ0) is 20.3. The molecule has 3 nitrogen and oxygen atoms in total. The number of nitrogens with zero attached hydrogens (tertiary/aromatic N) is 2. The molecule has 0 N–H and O–H groups in total. The van der Waals surface area contributed by atoms with Crippen molar-refractivity contribution >= 4 is 28.9 Å². The predicted octanol–water partition coefficient (Wildman–Crippen LogP) is 5.56. The van der Waals surface area contributed by atoms with Gasteiger partial charge in [0.1, 0.15) is 44.7 Å². The van der Waals surface area contributed by atoms with Crippen molar-refractivity contribution in [1.82, 2.24) is 4.98 Å². The van der Waals surface area contributed by atoms with Gasteiger partial charge in [-0.3, -0.25) is 0 Å². The maximum absolute atomic E-state index is 14.2. The molecule has 7 heteroatoms. The van der Waals surface area contributed by atoms with E-state index in [-0.39, 0.29) is 5.56 Å². The molecule has 0 bridgehead atoms. The lowest BCUT2D eigenvalue weighted by atomic mass is 10.1. The number of halogens is 2. The van der Waals surface area contributed by atoms with Crippen LogP contribution in [0.4, 0.5) is 8.78 Å². The Bertz CT molecular complexity index is 982. The van der Waals surface area contributed by atoms with Gasteiger partial charge in [0.2, 0.25) is 0 Å². The summed E-state index contributed by atoms with van der Waals surface area (Å²) in [7, 11) is 0. The standard InChI is InChI=1S/C21H20F2N2OS2/c1-21(2,3)28(26)24-13-18-19(11-14-7-5-4-6-8-14)27-20(25-18)16-12-15(22)9-10-17(16)23/h4-10,12-13H,11H2,1-3H3. The summed E-state index contributed by atoms with van der Waals surface area (Å²) < 4.78 is 43.7. The molecule has 0 saturated heterocycles. The van der Waals surface area contributed by atoms with E-state index in [1.807, 2.05) is 51.1 Å². The topological polar surface area (TPSA) is 48.3 Å². The highest BCUT2D eigenvalue weighted by molar-refractivity contribution is 7.91. The van der Waals surface area contributed by atoms with E-state index in [4.69, 9.17) is 0 Å². The summed E-state index contributed by atoms with van der Waals surface area (Å²) in [5.41, 5.74) is 1.69. The van der Waals surface area contributed by atoms with Crippen LogP contribution < -0.4 is 0 Å². The van der Waals surface area contributed by atoms with Gasteiger partial charge in [-0.2, -0.15) is 0 Å². The van der Waals surface area contributed by atoms with Gasteiger partial charge in [0.15, 0.2) is 0 Å². The van der Waals surface area contributed by atoms with E-state index in [0.29, 0.717) is 17.1 Å². The Balaban J connectivity index is 2.02.